The van der Waals surface area contributed by atoms with E-state index in [0.29, 0.717) is 36.5 Å². The van der Waals surface area contributed by atoms with Crippen LogP contribution in [0.4, 0.5) is 0 Å². The van der Waals surface area contributed by atoms with Crippen molar-refractivity contribution in [2.24, 2.45) is 5.10 Å². The van der Waals surface area contributed by atoms with Gasteiger partial charge in [-0.3, -0.25) is 14.6 Å². The maximum absolute atomic E-state index is 12.1. The summed E-state index contributed by atoms with van der Waals surface area (Å²) in [5.41, 5.74) is 3.46. The molecule has 1 aliphatic rings. The summed E-state index contributed by atoms with van der Waals surface area (Å²) >= 11 is 3.42. The number of halogens is 1. The van der Waals surface area contributed by atoms with Gasteiger partial charge in [-0.15, -0.1) is 0 Å². The molecule has 1 fully saturated rings. The van der Waals surface area contributed by atoms with Crippen molar-refractivity contribution >= 4 is 34.0 Å². The van der Waals surface area contributed by atoms with E-state index in [4.69, 9.17) is 9.47 Å². The van der Waals surface area contributed by atoms with Crippen LogP contribution < -0.4 is 10.2 Å². The third kappa shape index (κ3) is 5.61. The molecule has 2 heterocycles. The number of nitrogens with one attached hydrogen (secondary N) is 1. The average molecular weight is 447 g/mol. The molecule has 2 aromatic rings. The zero-order chi connectivity index (χ0) is 19.8. The maximum Gasteiger partial charge on any atom is 0.289 e. The molecule has 0 atom stereocenters. The second-order valence-corrected chi connectivity index (χ2v) is 6.74. The molecular formula is C19H19BrN4O4. The minimum atomic E-state index is -0.391. The Kier molecular flexibility index (Phi) is 7.10. The molecule has 0 aliphatic carbocycles. The quantitative estimate of drug-likeness (QED) is 0.539. The monoisotopic (exact) mass is 446 g/mol. The van der Waals surface area contributed by atoms with Crippen molar-refractivity contribution in [3.8, 4) is 5.75 Å². The number of hydrogen-bond acceptors (Lipinski definition) is 6. The second-order valence-electron chi connectivity index (χ2n) is 5.89. The van der Waals surface area contributed by atoms with Crippen LogP contribution in [0.25, 0.3) is 0 Å². The number of ether oxygens (including phenoxy) is 2. The lowest BCUT2D eigenvalue weighted by molar-refractivity contribution is -0.137. The van der Waals surface area contributed by atoms with Gasteiger partial charge in [0.2, 0.25) is 0 Å². The molecule has 0 saturated carbocycles. The van der Waals surface area contributed by atoms with E-state index >= 15 is 0 Å². The predicted octanol–water partition coefficient (Wildman–Crippen LogP) is 1.85. The van der Waals surface area contributed by atoms with Crippen molar-refractivity contribution in [3.63, 3.8) is 0 Å². The molecule has 8 nitrogen and oxygen atoms in total. The van der Waals surface area contributed by atoms with Gasteiger partial charge in [0, 0.05) is 19.3 Å². The summed E-state index contributed by atoms with van der Waals surface area (Å²) in [6.07, 6.45) is 3.05. The topological polar surface area (TPSA) is 93.1 Å². The third-order valence-electron chi connectivity index (χ3n) is 3.95. The van der Waals surface area contributed by atoms with Crippen LogP contribution in [0.3, 0.4) is 0 Å². The first-order valence-electron chi connectivity index (χ1n) is 8.66. The number of benzene rings is 1. The van der Waals surface area contributed by atoms with E-state index in [9.17, 15) is 9.59 Å². The Labute approximate surface area is 170 Å². The number of hydrazone groups is 1. The predicted molar refractivity (Wildman–Crippen MR) is 106 cm³/mol. The van der Waals surface area contributed by atoms with E-state index in [1.54, 1.807) is 41.3 Å². The summed E-state index contributed by atoms with van der Waals surface area (Å²) in [4.78, 5) is 29.7. The molecule has 0 bridgehead atoms. The average Bonchev–Trinajstić information content (AvgIpc) is 2.74. The van der Waals surface area contributed by atoms with Gasteiger partial charge in [0.1, 0.15) is 11.4 Å². The molecule has 1 aromatic heterocycles. The van der Waals surface area contributed by atoms with E-state index in [2.05, 4.69) is 31.4 Å². The number of amides is 2. The fraction of sp³-hybridized carbons (Fsp3) is 0.263. The second kappa shape index (κ2) is 9.95. The van der Waals surface area contributed by atoms with Gasteiger partial charge in [-0.1, -0.05) is 6.07 Å². The lowest BCUT2D eigenvalue weighted by Gasteiger charge is -2.26. The van der Waals surface area contributed by atoms with Crippen molar-refractivity contribution in [1.29, 1.82) is 0 Å². The summed E-state index contributed by atoms with van der Waals surface area (Å²) in [5.74, 6) is 0.0897. The molecule has 3 rings (SSSR count). The van der Waals surface area contributed by atoms with Gasteiger partial charge >= 0.3 is 0 Å². The van der Waals surface area contributed by atoms with Crippen LogP contribution >= 0.6 is 15.9 Å². The first kappa shape index (κ1) is 20.0. The SMILES string of the molecule is O=C(N/N=C\c1ccc(OCC(=O)N2CCOCC2)c(Br)c1)c1ccccn1. The van der Waals surface area contributed by atoms with Crippen molar-refractivity contribution in [1.82, 2.24) is 15.3 Å². The highest BCUT2D eigenvalue weighted by Gasteiger charge is 2.17. The zero-order valence-electron chi connectivity index (χ0n) is 15.0. The number of pyridine rings is 1. The van der Waals surface area contributed by atoms with Gasteiger partial charge in [-0.25, -0.2) is 5.43 Å². The number of morpholine rings is 1. The summed E-state index contributed by atoms with van der Waals surface area (Å²) in [5, 5.41) is 3.93. The van der Waals surface area contributed by atoms with E-state index in [0.717, 1.165) is 5.56 Å². The van der Waals surface area contributed by atoms with Crippen LogP contribution in [0.2, 0.25) is 0 Å². The highest BCUT2D eigenvalue weighted by atomic mass is 79.9. The minimum Gasteiger partial charge on any atom is -0.483 e. The Morgan fingerprint density at radius 2 is 2.11 bits per heavy atom. The minimum absolute atomic E-state index is 0.0355. The van der Waals surface area contributed by atoms with E-state index < -0.39 is 5.91 Å². The molecule has 2 amide bonds. The first-order chi connectivity index (χ1) is 13.6. The molecular weight excluding hydrogens is 428 g/mol. The Bertz CT molecular complexity index is 854. The standard InChI is InChI=1S/C19H19BrN4O4/c20-15-11-14(12-22-23-19(26)16-3-1-2-6-21-16)4-5-17(15)28-13-18(25)24-7-9-27-10-8-24/h1-6,11-12H,7-10,13H2,(H,23,26)/b22-12-. The summed E-state index contributed by atoms with van der Waals surface area (Å²) in [6.45, 7) is 2.25. The molecule has 1 aliphatic heterocycles. The van der Waals surface area contributed by atoms with Crippen LogP contribution in [0.5, 0.6) is 5.75 Å². The largest absolute Gasteiger partial charge is 0.483 e. The fourth-order valence-electron chi connectivity index (χ4n) is 2.48. The van der Waals surface area contributed by atoms with Crippen molar-refractivity contribution in [2.45, 2.75) is 0 Å². The number of carbonyl (C=O) groups excluding carboxylic acids is 2. The summed E-state index contributed by atoms with van der Waals surface area (Å²) < 4.78 is 11.5. The number of aromatic nitrogens is 1. The molecule has 1 N–H and O–H groups in total. The highest BCUT2D eigenvalue weighted by molar-refractivity contribution is 9.10. The first-order valence-corrected chi connectivity index (χ1v) is 9.45. The molecule has 0 unspecified atom stereocenters. The van der Waals surface area contributed by atoms with E-state index in [1.165, 1.54) is 12.4 Å². The Balaban J connectivity index is 1.52. The molecule has 0 spiro atoms. The normalized spacial score (nSPS) is 14.1. The van der Waals surface area contributed by atoms with E-state index in [-0.39, 0.29) is 18.2 Å². The number of rotatable bonds is 6. The fourth-order valence-corrected chi connectivity index (χ4v) is 2.99. The Hall–Kier alpha value is -2.78. The number of carbonyl (C=O) groups is 2. The van der Waals surface area contributed by atoms with Crippen LogP contribution in [0.15, 0.2) is 52.2 Å². The summed E-state index contributed by atoms with van der Waals surface area (Å²) in [7, 11) is 0. The van der Waals surface area contributed by atoms with Crippen LogP contribution in [0.1, 0.15) is 16.1 Å². The smallest absolute Gasteiger partial charge is 0.289 e. The molecule has 1 saturated heterocycles. The Morgan fingerprint density at radius 1 is 1.29 bits per heavy atom. The molecule has 9 heteroatoms. The van der Waals surface area contributed by atoms with E-state index in [1.807, 2.05) is 0 Å². The summed E-state index contributed by atoms with van der Waals surface area (Å²) in [6, 6.07) is 10.4. The van der Waals surface area contributed by atoms with Crippen molar-refractivity contribution < 1.29 is 19.1 Å². The molecule has 146 valence electrons. The van der Waals surface area contributed by atoms with Crippen LogP contribution in [0, 0.1) is 0 Å². The molecule has 0 radical (unpaired) electrons. The van der Waals surface area contributed by atoms with Crippen LogP contribution in [-0.2, 0) is 9.53 Å². The van der Waals surface area contributed by atoms with Gasteiger partial charge in [-0.05, 0) is 51.8 Å². The lowest BCUT2D eigenvalue weighted by atomic mass is 10.2. The maximum atomic E-state index is 12.1. The zero-order valence-corrected chi connectivity index (χ0v) is 16.6. The van der Waals surface area contributed by atoms with Gasteiger partial charge in [-0.2, -0.15) is 5.10 Å². The van der Waals surface area contributed by atoms with Crippen molar-refractivity contribution in [2.75, 3.05) is 32.9 Å². The highest BCUT2D eigenvalue weighted by Crippen LogP contribution is 2.25. The Morgan fingerprint density at radius 3 is 2.82 bits per heavy atom. The van der Waals surface area contributed by atoms with Gasteiger partial charge in [0.25, 0.3) is 11.8 Å². The third-order valence-corrected chi connectivity index (χ3v) is 4.57. The number of hydrogen-bond donors (Lipinski definition) is 1. The number of nitrogens with zero attached hydrogens (tertiary/aromatic N) is 3. The van der Waals surface area contributed by atoms with Crippen molar-refractivity contribution in [3.05, 3.63) is 58.3 Å². The molecule has 1 aromatic carbocycles. The molecule has 28 heavy (non-hydrogen) atoms. The lowest BCUT2D eigenvalue weighted by Crippen LogP contribution is -2.43. The van der Waals surface area contributed by atoms with Crippen LogP contribution in [-0.4, -0.2) is 60.8 Å². The van der Waals surface area contributed by atoms with Gasteiger partial charge in [0.15, 0.2) is 6.61 Å². The van der Waals surface area contributed by atoms with Gasteiger partial charge < -0.3 is 14.4 Å². The van der Waals surface area contributed by atoms with Gasteiger partial charge in [0.05, 0.1) is 23.9 Å².